The van der Waals surface area contributed by atoms with Gasteiger partial charge >= 0.3 is 0 Å². The van der Waals surface area contributed by atoms with Crippen molar-refractivity contribution in [2.75, 3.05) is 4.90 Å². The first-order valence-corrected chi connectivity index (χ1v) is 28.1. The third-order valence-corrected chi connectivity index (χ3v) is 20.2. The molecule has 17 rings (SSSR count). The Hall–Kier alpha value is -8.40. The van der Waals surface area contributed by atoms with Crippen molar-refractivity contribution in [3.8, 4) is 55.6 Å². The van der Waals surface area contributed by atoms with Crippen molar-refractivity contribution in [1.82, 2.24) is 0 Å². The van der Waals surface area contributed by atoms with Gasteiger partial charge in [-0.3, -0.25) is 0 Å². The molecule has 0 aliphatic heterocycles. The molecule has 0 N–H and O–H groups in total. The van der Waals surface area contributed by atoms with E-state index in [2.05, 4.69) is 250 Å². The maximum atomic E-state index is 7.05. The Labute approximate surface area is 455 Å². The lowest BCUT2D eigenvalue weighted by molar-refractivity contribution is 0.600. The number of anilines is 3. The van der Waals surface area contributed by atoms with Crippen molar-refractivity contribution in [3.63, 3.8) is 0 Å². The minimum atomic E-state index is -0.341. The van der Waals surface area contributed by atoms with Crippen LogP contribution < -0.4 is 4.90 Å². The molecule has 0 fully saturated rings. The summed E-state index contributed by atoms with van der Waals surface area (Å²) < 4.78 is 13.6. The number of benzene rings is 10. The van der Waals surface area contributed by atoms with Gasteiger partial charge < -0.3 is 13.7 Å². The molecule has 2 heterocycles. The molecule has 2 aromatic heterocycles. The molecule has 0 amide bonds. The average Bonchev–Trinajstić information content (AvgIpc) is 4.46. The van der Waals surface area contributed by atoms with Crippen molar-refractivity contribution >= 4 is 60.9 Å². The van der Waals surface area contributed by atoms with Gasteiger partial charge in [-0.2, -0.15) is 0 Å². The molecule has 12 aromatic rings. The van der Waals surface area contributed by atoms with Gasteiger partial charge in [0.25, 0.3) is 0 Å². The highest BCUT2D eigenvalue weighted by Crippen LogP contribution is 2.65. The van der Waals surface area contributed by atoms with E-state index in [0.717, 1.165) is 39.4 Å². The van der Waals surface area contributed by atoms with E-state index >= 15 is 0 Å². The molecule has 376 valence electrons. The van der Waals surface area contributed by atoms with Crippen LogP contribution in [0.5, 0.6) is 0 Å². The number of hydrogen-bond acceptors (Lipinski definition) is 3. The standard InChI is InChI=1S/C75H59NO2/c1-71(2)52-23-15-11-19-43(52)44-30-27-40(35-55(44)71)76(41-28-31-45-50-38-59-51(39-58(50)73(5,6)56(45)36-41)63-54(72(59,3)4)33-34-62-64(63)48-21-13-17-25-60(48)77-62)42-29-32-47-57(37-42)75(9,10)68-65(47)66-49-22-14-18-26-61(49)78-70(66)67-46-20-12-16-24-53(46)74(7,8)69(67)68/h11-39H,1-10H3. The fourth-order valence-corrected chi connectivity index (χ4v) is 16.3. The van der Waals surface area contributed by atoms with E-state index in [1.807, 2.05) is 0 Å². The molecule has 0 saturated carbocycles. The molecule has 0 bridgehead atoms. The van der Waals surface area contributed by atoms with Crippen molar-refractivity contribution in [1.29, 1.82) is 0 Å². The number of nitrogens with zero attached hydrogens (tertiary/aromatic N) is 1. The molecular formula is C75H59NO2. The van der Waals surface area contributed by atoms with Gasteiger partial charge in [0.1, 0.15) is 22.3 Å². The van der Waals surface area contributed by atoms with Crippen molar-refractivity contribution in [3.05, 3.63) is 232 Å². The van der Waals surface area contributed by atoms with E-state index in [9.17, 15) is 0 Å². The normalized spacial score (nSPS) is 17.1. The molecule has 5 aliphatic carbocycles. The third-order valence-electron chi connectivity index (χ3n) is 20.2. The van der Waals surface area contributed by atoms with Crippen molar-refractivity contribution < 1.29 is 8.83 Å². The molecule has 0 spiro atoms. The zero-order valence-electron chi connectivity index (χ0n) is 46.0. The second kappa shape index (κ2) is 14.2. The lowest BCUT2D eigenvalue weighted by Gasteiger charge is -2.32. The predicted molar refractivity (Wildman–Crippen MR) is 324 cm³/mol. The largest absolute Gasteiger partial charge is 0.456 e. The van der Waals surface area contributed by atoms with Crippen LogP contribution in [-0.2, 0) is 27.1 Å². The first-order chi connectivity index (χ1) is 37.5. The molecule has 3 nitrogen and oxygen atoms in total. The Morgan fingerprint density at radius 2 is 0.718 bits per heavy atom. The zero-order valence-corrected chi connectivity index (χ0v) is 46.0. The van der Waals surface area contributed by atoms with Gasteiger partial charge in [-0.05, 0) is 172 Å². The Bertz CT molecular complexity index is 4770. The number of hydrogen-bond donors (Lipinski definition) is 0. The van der Waals surface area contributed by atoms with Crippen LogP contribution in [0.4, 0.5) is 17.1 Å². The van der Waals surface area contributed by atoms with Gasteiger partial charge in [0, 0.05) is 71.2 Å². The van der Waals surface area contributed by atoms with Gasteiger partial charge in [-0.1, -0.05) is 178 Å². The molecule has 78 heavy (non-hydrogen) atoms. The average molecular weight is 1010 g/mol. The number of fused-ring (bicyclic) bond motifs is 25. The molecule has 10 aromatic carbocycles. The second-order valence-corrected chi connectivity index (χ2v) is 25.9. The van der Waals surface area contributed by atoms with E-state index in [1.54, 1.807) is 0 Å². The van der Waals surface area contributed by atoms with E-state index in [-0.39, 0.29) is 27.1 Å². The van der Waals surface area contributed by atoms with E-state index in [0.29, 0.717) is 0 Å². The first-order valence-electron chi connectivity index (χ1n) is 28.1. The number of rotatable bonds is 3. The fourth-order valence-electron chi connectivity index (χ4n) is 16.3. The SMILES string of the molecule is CC1(C)c2ccccc2-c2ccc(N(c3ccc4c(c3)C(C)(C)c3cc5c(cc3-4)C(C)(C)c3ccc4oc6ccccc6c4c3-5)c3ccc4c(c3)C(C)(C)c3c5c(c6oc7ccccc7c6c3-4)-c3ccccc3C5(C)C)cc21. The minimum Gasteiger partial charge on any atom is -0.456 e. The summed E-state index contributed by atoms with van der Waals surface area (Å²) in [5.74, 6) is 0. The topological polar surface area (TPSA) is 29.5 Å². The summed E-state index contributed by atoms with van der Waals surface area (Å²) in [4.78, 5) is 2.56. The molecule has 5 aliphatic rings. The van der Waals surface area contributed by atoms with Crippen LogP contribution in [0, 0.1) is 0 Å². The van der Waals surface area contributed by atoms with Gasteiger partial charge in [0.05, 0.1) is 0 Å². The summed E-state index contributed by atoms with van der Waals surface area (Å²) in [6.45, 7) is 24.3. The summed E-state index contributed by atoms with van der Waals surface area (Å²) in [6.07, 6.45) is 0. The van der Waals surface area contributed by atoms with Gasteiger partial charge in [-0.15, -0.1) is 0 Å². The lowest BCUT2D eigenvalue weighted by Crippen LogP contribution is -2.24. The Morgan fingerprint density at radius 3 is 1.40 bits per heavy atom. The lowest BCUT2D eigenvalue weighted by atomic mass is 9.72. The van der Waals surface area contributed by atoms with Crippen LogP contribution in [0.1, 0.15) is 125 Å². The maximum Gasteiger partial charge on any atom is 0.144 e. The highest BCUT2D eigenvalue weighted by atomic mass is 16.3. The second-order valence-electron chi connectivity index (χ2n) is 25.9. The molecular weight excluding hydrogens is 947 g/mol. The summed E-state index contributed by atoms with van der Waals surface area (Å²) >= 11 is 0. The number of furan rings is 2. The smallest absolute Gasteiger partial charge is 0.144 e. The van der Waals surface area contributed by atoms with Crippen LogP contribution >= 0.6 is 0 Å². The van der Waals surface area contributed by atoms with Gasteiger partial charge in [0.2, 0.25) is 0 Å². The molecule has 0 saturated heterocycles. The van der Waals surface area contributed by atoms with Crippen molar-refractivity contribution in [2.45, 2.75) is 96.3 Å². The maximum absolute atomic E-state index is 7.05. The minimum absolute atomic E-state index is 0.165. The number of para-hydroxylation sites is 2. The van der Waals surface area contributed by atoms with E-state index in [1.165, 1.54) is 133 Å². The highest BCUT2D eigenvalue weighted by molar-refractivity contribution is 6.21. The Kier molecular flexibility index (Phi) is 8.14. The molecule has 3 heteroatoms. The quantitative estimate of drug-likeness (QED) is 0.177. The van der Waals surface area contributed by atoms with Crippen LogP contribution in [0.15, 0.2) is 185 Å². The molecule has 0 radical (unpaired) electrons. The fraction of sp³-hybridized carbons (Fsp3) is 0.200. The summed E-state index contributed by atoms with van der Waals surface area (Å²) in [7, 11) is 0. The summed E-state index contributed by atoms with van der Waals surface area (Å²) in [6, 6.07) is 66.8. The van der Waals surface area contributed by atoms with E-state index < -0.39 is 0 Å². The zero-order chi connectivity index (χ0) is 52.9. The highest BCUT2D eigenvalue weighted by Gasteiger charge is 2.49. The summed E-state index contributed by atoms with van der Waals surface area (Å²) in [5.41, 5.74) is 32.9. The molecule has 0 atom stereocenters. The van der Waals surface area contributed by atoms with Crippen LogP contribution in [0.25, 0.3) is 99.5 Å². The Balaban J connectivity index is 0.873. The van der Waals surface area contributed by atoms with Crippen LogP contribution in [-0.4, -0.2) is 0 Å². The monoisotopic (exact) mass is 1010 g/mol. The predicted octanol–water partition coefficient (Wildman–Crippen LogP) is 20.5. The third kappa shape index (κ3) is 5.22. The van der Waals surface area contributed by atoms with Gasteiger partial charge in [0.15, 0.2) is 0 Å². The van der Waals surface area contributed by atoms with Crippen LogP contribution in [0.3, 0.4) is 0 Å². The van der Waals surface area contributed by atoms with E-state index in [4.69, 9.17) is 8.83 Å². The van der Waals surface area contributed by atoms with Crippen LogP contribution in [0.2, 0.25) is 0 Å². The Morgan fingerprint density at radius 1 is 0.282 bits per heavy atom. The summed E-state index contributed by atoms with van der Waals surface area (Å²) in [5, 5.41) is 4.81. The van der Waals surface area contributed by atoms with Gasteiger partial charge in [-0.25, -0.2) is 0 Å². The molecule has 0 unspecified atom stereocenters. The first kappa shape index (κ1) is 44.7. The van der Waals surface area contributed by atoms with Crippen molar-refractivity contribution in [2.24, 2.45) is 0 Å².